The van der Waals surface area contributed by atoms with Crippen LogP contribution in [0.4, 0.5) is 4.39 Å². The molecule has 3 nitrogen and oxygen atoms in total. The van der Waals surface area contributed by atoms with Crippen LogP contribution in [0.3, 0.4) is 0 Å². The summed E-state index contributed by atoms with van der Waals surface area (Å²) in [6, 6.07) is 4.82. The molecule has 0 saturated carbocycles. The molecule has 0 bridgehead atoms. The molecule has 2 heterocycles. The SMILES string of the molecule is Cc1ccc(F)cc1-n1ccnc1C1CCOC1. The molecular weight excluding hydrogens is 231 g/mol. The van der Waals surface area contributed by atoms with Crippen molar-refractivity contribution in [2.45, 2.75) is 19.3 Å². The van der Waals surface area contributed by atoms with E-state index in [1.165, 1.54) is 6.07 Å². The number of benzene rings is 1. The minimum Gasteiger partial charge on any atom is -0.381 e. The van der Waals surface area contributed by atoms with Crippen LogP contribution in [0.1, 0.15) is 23.7 Å². The summed E-state index contributed by atoms with van der Waals surface area (Å²) in [5, 5.41) is 0. The van der Waals surface area contributed by atoms with Crippen LogP contribution in [-0.4, -0.2) is 22.8 Å². The topological polar surface area (TPSA) is 27.1 Å². The van der Waals surface area contributed by atoms with Gasteiger partial charge in [0.2, 0.25) is 0 Å². The maximum atomic E-state index is 13.4. The number of nitrogens with zero attached hydrogens (tertiary/aromatic N) is 2. The third-order valence-corrected chi connectivity index (χ3v) is 3.39. The quantitative estimate of drug-likeness (QED) is 0.814. The molecule has 4 heteroatoms. The smallest absolute Gasteiger partial charge is 0.125 e. The van der Waals surface area contributed by atoms with Crippen LogP contribution in [-0.2, 0) is 4.74 Å². The van der Waals surface area contributed by atoms with Crippen LogP contribution in [0, 0.1) is 12.7 Å². The molecule has 1 fully saturated rings. The highest BCUT2D eigenvalue weighted by Gasteiger charge is 2.23. The van der Waals surface area contributed by atoms with E-state index in [0.717, 1.165) is 30.1 Å². The lowest BCUT2D eigenvalue weighted by Crippen LogP contribution is -2.08. The molecule has 1 aliphatic heterocycles. The maximum Gasteiger partial charge on any atom is 0.125 e. The van der Waals surface area contributed by atoms with Crippen molar-refractivity contribution in [3.63, 3.8) is 0 Å². The highest BCUT2D eigenvalue weighted by Crippen LogP contribution is 2.27. The molecule has 1 aromatic heterocycles. The second kappa shape index (κ2) is 4.53. The first-order chi connectivity index (χ1) is 8.75. The second-order valence-corrected chi connectivity index (χ2v) is 4.65. The van der Waals surface area contributed by atoms with Gasteiger partial charge < -0.3 is 9.30 Å². The number of aromatic nitrogens is 2. The Hall–Kier alpha value is -1.68. The van der Waals surface area contributed by atoms with Gasteiger partial charge in [0.25, 0.3) is 0 Å². The summed E-state index contributed by atoms with van der Waals surface area (Å²) in [7, 11) is 0. The average Bonchev–Trinajstić information content (AvgIpc) is 3.00. The zero-order valence-corrected chi connectivity index (χ0v) is 10.3. The van der Waals surface area contributed by atoms with Crippen molar-refractivity contribution in [1.82, 2.24) is 9.55 Å². The summed E-state index contributed by atoms with van der Waals surface area (Å²) >= 11 is 0. The van der Waals surface area contributed by atoms with Crippen molar-refractivity contribution in [3.05, 3.63) is 47.8 Å². The third kappa shape index (κ3) is 1.93. The van der Waals surface area contributed by atoms with E-state index in [2.05, 4.69) is 4.98 Å². The zero-order chi connectivity index (χ0) is 12.5. The molecule has 2 aromatic rings. The van der Waals surface area contributed by atoms with Gasteiger partial charge in [-0.25, -0.2) is 9.37 Å². The summed E-state index contributed by atoms with van der Waals surface area (Å²) in [4.78, 5) is 4.41. The van der Waals surface area contributed by atoms with Gasteiger partial charge >= 0.3 is 0 Å². The van der Waals surface area contributed by atoms with Gasteiger partial charge in [0.05, 0.1) is 12.3 Å². The Morgan fingerprint density at radius 2 is 2.33 bits per heavy atom. The fourth-order valence-electron chi connectivity index (χ4n) is 2.40. The van der Waals surface area contributed by atoms with Gasteiger partial charge in [-0.05, 0) is 31.0 Å². The Morgan fingerprint density at radius 1 is 1.44 bits per heavy atom. The van der Waals surface area contributed by atoms with Crippen molar-refractivity contribution in [2.24, 2.45) is 0 Å². The van der Waals surface area contributed by atoms with Gasteiger partial charge in [-0.2, -0.15) is 0 Å². The largest absolute Gasteiger partial charge is 0.381 e. The third-order valence-electron chi connectivity index (χ3n) is 3.39. The lowest BCUT2D eigenvalue weighted by atomic mass is 10.1. The molecule has 0 aliphatic carbocycles. The summed E-state index contributed by atoms with van der Waals surface area (Å²) in [6.45, 7) is 3.45. The van der Waals surface area contributed by atoms with E-state index in [1.807, 2.05) is 17.7 Å². The van der Waals surface area contributed by atoms with Gasteiger partial charge in [-0.1, -0.05) is 6.07 Å². The number of aryl methyl sites for hydroxylation is 1. The Balaban J connectivity index is 2.06. The van der Waals surface area contributed by atoms with Gasteiger partial charge in [0, 0.05) is 24.9 Å². The summed E-state index contributed by atoms with van der Waals surface area (Å²) in [6.07, 6.45) is 4.62. The number of imidazole rings is 1. The van der Waals surface area contributed by atoms with Gasteiger partial charge in [0.15, 0.2) is 0 Å². The molecule has 0 N–H and O–H groups in total. The molecule has 1 unspecified atom stereocenters. The van der Waals surface area contributed by atoms with E-state index in [1.54, 1.807) is 18.3 Å². The van der Waals surface area contributed by atoms with Crippen molar-refractivity contribution in [1.29, 1.82) is 0 Å². The van der Waals surface area contributed by atoms with Gasteiger partial charge in [-0.3, -0.25) is 0 Å². The Bertz CT molecular complexity index is 559. The number of hydrogen-bond donors (Lipinski definition) is 0. The van der Waals surface area contributed by atoms with Crippen molar-refractivity contribution < 1.29 is 9.13 Å². The Labute approximate surface area is 105 Å². The van der Waals surface area contributed by atoms with Crippen LogP contribution in [0.5, 0.6) is 0 Å². The predicted molar refractivity (Wildman–Crippen MR) is 66.4 cm³/mol. The van der Waals surface area contributed by atoms with E-state index in [9.17, 15) is 4.39 Å². The van der Waals surface area contributed by atoms with Crippen LogP contribution >= 0.6 is 0 Å². The van der Waals surface area contributed by atoms with Crippen LogP contribution < -0.4 is 0 Å². The van der Waals surface area contributed by atoms with E-state index < -0.39 is 0 Å². The molecule has 1 aromatic carbocycles. The second-order valence-electron chi connectivity index (χ2n) is 4.65. The van der Waals surface area contributed by atoms with E-state index >= 15 is 0 Å². The lowest BCUT2D eigenvalue weighted by molar-refractivity contribution is 0.193. The normalized spacial score (nSPS) is 19.3. The molecule has 1 saturated heterocycles. The highest BCUT2D eigenvalue weighted by atomic mass is 19.1. The highest BCUT2D eigenvalue weighted by molar-refractivity contribution is 5.42. The molecule has 3 rings (SSSR count). The molecule has 1 atom stereocenters. The first-order valence-electron chi connectivity index (χ1n) is 6.13. The number of halogens is 1. The maximum absolute atomic E-state index is 13.4. The van der Waals surface area contributed by atoms with Crippen LogP contribution in [0.2, 0.25) is 0 Å². The average molecular weight is 246 g/mol. The number of rotatable bonds is 2. The minimum atomic E-state index is -0.224. The molecule has 0 spiro atoms. The summed E-state index contributed by atoms with van der Waals surface area (Å²) in [5.74, 6) is 1.04. The summed E-state index contributed by atoms with van der Waals surface area (Å²) in [5.41, 5.74) is 1.89. The van der Waals surface area contributed by atoms with Crippen LogP contribution in [0.25, 0.3) is 5.69 Å². The standard InChI is InChI=1S/C14H15FN2O/c1-10-2-3-12(15)8-13(10)17-6-5-16-14(17)11-4-7-18-9-11/h2-3,5-6,8,11H,4,7,9H2,1H3. The lowest BCUT2D eigenvalue weighted by Gasteiger charge is -2.14. The van der Waals surface area contributed by atoms with E-state index in [0.29, 0.717) is 12.5 Å². The molecule has 94 valence electrons. The first kappa shape index (κ1) is 11.4. The summed E-state index contributed by atoms with van der Waals surface area (Å²) < 4.78 is 20.8. The molecule has 1 aliphatic rings. The van der Waals surface area contributed by atoms with Gasteiger partial charge in [-0.15, -0.1) is 0 Å². The Morgan fingerprint density at radius 3 is 3.11 bits per heavy atom. The van der Waals surface area contributed by atoms with Crippen molar-refractivity contribution >= 4 is 0 Å². The molecule has 18 heavy (non-hydrogen) atoms. The van der Waals surface area contributed by atoms with E-state index in [-0.39, 0.29) is 5.82 Å². The van der Waals surface area contributed by atoms with Crippen molar-refractivity contribution in [2.75, 3.05) is 13.2 Å². The Kier molecular flexibility index (Phi) is 2.88. The van der Waals surface area contributed by atoms with Crippen LogP contribution in [0.15, 0.2) is 30.6 Å². The molecule has 0 amide bonds. The molecule has 0 radical (unpaired) electrons. The van der Waals surface area contributed by atoms with E-state index in [4.69, 9.17) is 4.74 Å². The number of ether oxygens (including phenoxy) is 1. The van der Waals surface area contributed by atoms with Gasteiger partial charge in [0.1, 0.15) is 11.6 Å². The first-order valence-corrected chi connectivity index (χ1v) is 6.13. The fourth-order valence-corrected chi connectivity index (χ4v) is 2.40. The number of hydrogen-bond acceptors (Lipinski definition) is 2. The van der Waals surface area contributed by atoms with Crippen molar-refractivity contribution in [3.8, 4) is 5.69 Å². The minimum absolute atomic E-state index is 0.224. The molecular formula is C14H15FN2O. The zero-order valence-electron chi connectivity index (χ0n) is 10.3. The predicted octanol–water partition coefficient (Wildman–Crippen LogP) is 2.82. The monoisotopic (exact) mass is 246 g/mol. The fraction of sp³-hybridized carbons (Fsp3) is 0.357.